The van der Waals surface area contributed by atoms with Crippen molar-refractivity contribution in [2.45, 2.75) is 12.0 Å². The van der Waals surface area contributed by atoms with Crippen LogP contribution in [0.2, 0.25) is 5.02 Å². The van der Waals surface area contributed by atoms with Gasteiger partial charge >= 0.3 is 0 Å². The lowest BCUT2D eigenvalue weighted by Gasteiger charge is -2.41. The predicted molar refractivity (Wildman–Crippen MR) is 94.5 cm³/mol. The minimum atomic E-state index is -0.248. The van der Waals surface area contributed by atoms with Gasteiger partial charge < -0.3 is 10.1 Å². The van der Waals surface area contributed by atoms with Crippen molar-refractivity contribution in [2.24, 2.45) is 0 Å². The Balaban J connectivity index is 1.83. The molecule has 2 aromatic rings. The summed E-state index contributed by atoms with van der Waals surface area (Å²) >= 11 is 6.25. The molecule has 24 heavy (non-hydrogen) atoms. The Morgan fingerprint density at radius 3 is 2.58 bits per heavy atom. The molecule has 0 saturated carbocycles. The molecule has 0 radical (unpaired) electrons. The van der Waals surface area contributed by atoms with Crippen LogP contribution in [0.4, 0.5) is 5.69 Å². The van der Waals surface area contributed by atoms with Gasteiger partial charge in [0, 0.05) is 29.7 Å². The highest BCUT2D eigenvalue weighted by Crippen LogP contribution is 2.40. The average Bonchev–Trinajstić information content (AvgIpc) is 2.62. The monoisotopic (exact) mass is 342 g/mol. The average molecular weight is 343 g/mol. The Kier molecular flexibility index (Phi) is 4.27. The van der Waals surface area contributed by atoms with Crippen LogP contribution in [0.3, 0.4) is 0 Å². The highest BCUT2D eigenvalue weighted by atomic mass is 35.5. The van der Waals surface area contributed by atoms with E-state index in [9.17, 15) is 4.79 Å². The molecule has 2 aliphatic rings. The molecule has 4 nitrogen and oxygen atoms in total. The molecule has 1 saturated heterocycles. The van der Waals surface area contributed by atoms with E-state index < -0.39 is 0 Å². The number of nitrogens with one attached hydrogen (secondary N) is 1. The molecular weight excluding hydrogens is 324 g/mol. The van der Waals surface area contributed by atoms with E-state index in [2.05, 4.69) is 22.3 Å². The lowest BCUT2D eigenvalue weighted by atomic mass is 9.80. The Bertz CT molecular complexity index is 744. The van der Waals surface area contributed by atoms with Crippen LogP contribution < -0.4 is 5.32 Å². The van der Waals surface area contributed by atoms with Gasteiger partial charge in [0.2, 0.25) is 5.91 Å². The van der Waals surface area contributed by atoms with Gasteiger partial charge in [0.25, 0.3) is 0 Å². The van der Waals surface area contributed by atoms with Crippen molar-refractivity contribution in [2.75, 3.05) is 31.6 Å². The van der Waals surface area contributed by atoms with Crippen LogP contribution >= 0.6 is 11.6 Å². The maximum Gasteiger partial charge on any atom is 0.242 e. The third kappa shape index (κ3) is 2.81. The maximum atomic E-state index is 12.9. The third-order valence-electron chi connectivity index (χ3n) is 4.79. The molecule has 2 aromatic carbocycles. The normalized spacial score (nSPS) is 24.3. The van der Waals surface area contributed by atoms with Gasteiger partial charge in [0.1, 0.15) is 6.04 Å². The number of benzene rings is 2. The number of hydrogen-bond donors (Lipinski definition) is 1. The Morgan fingerprint density at radius 1 is 1.08 bits per heavy atom. The molecule has 4 rings (SSSR count). The smallest absolute Gasteiger partial charge is 0.242 e. The van der Waals surface area contributed by atoms with Crippen molar-refractivity contribution in [3.8, 4) is 0 Å². The van der Waals surface area contributed by atoms with Crippen molar-refractivity contribution in [1.29, 1.82) is 0 Å². The number of amides is 1. The molecule has 1 N–H and O–H groups in total. The van der Waals surface area contributed by atoms with Gasteiger partial charge in [-0.25, -0.2) is 0 Å². The van der Waals surface area contributed by atoms with Crippen LogP contribution in [0.1, 0.15) is 17.0 Å². The molecule has 1 fully saturated rings. The highest BCUT2D eigenvalue weighted by molar-refractivity contribution is 6.30. The first kappa shape index (κ1) is 15.6. The minimum absolute atomic E-state index is 0.0354. The predicted octanol–water partition coefficient (Wildman–Crippen LogP) is 3.12. The zero-order valence-electron chi connectivity index (χ0n) is 13.2. The van der Waals surface area contributed by atoms with E-state index in [0.717, 1.165) is 29.9 Å². The van der Waals surface area contributed by atoms with Crippen LogP contribution in [-0.2, 0) is 9.53 Å². The second-order valence-corrected chi connectivity index (χ2v) is 6.64. The topological polar surface area (TPSA) is 41.6 Å². The number of morpholine rings is 1. The van der Waals surface area contributed by atoms with E-state index in [1.807, 2.05) is 36.4 Å². The van der Waals surface area contributed by atoms with Gasteiger partial charge in [-0.3, -0.25) is 9.69 Å². The summed E-state index contributed by atoms with van der Waals surface area (Å²) < 4.78 is 5.46. The summed E-state index contributed by atoms with van der Waals surface area (Å²) in [5.41, 5.74) is 3.06. The van der Waals surface area contributed by atoms with Crippen molar-refractivity contribution < 1.29 is 9.53 Å². The molecule has 0 unspecified atom stereocenters. The first-order valence-corrected chi connectivity index (χ1v) is 8.59. The standard InChI is InChI=1S/C19H19ClN2O2/c20-14-6-7-16-15(12-14)17(13-4-2-1-3-5-13)18(19(23)21-16)22-8-10-24-11-9-22/h1-7,12,17-18H,8-11H2,(H,21,23)/t17-,18-/m0/s1. The quantitative estimate of drug-likeness (QED) is 0.911. The maximum absolute atomic E-state index is 12.9. The number of carbonyl (C=O) groups is 1. The third-order valence-corrected chi connectivity index (χ3v) is 5.02. The van der Waals surface area contributed by atoms with E-state index in [4.69, 9.17) is 16.3 Å². The molecule has 0 spiro atoms. The minimum Gasteiger partial charge on any atom is -0.379 e. The summed E-state index contributed by atoms with van der Waals surface area (Å²) in [6, 6.07) is 15.6. The van der Waals surface area contributed by atoms with E-state index >= 15 is 0 Å². The first-order valence-electron chi connectivity index (χ1n) is 8.21. The van der Waals surface area contributed by atoms with E-state index in [0.29, 0.717) is 18.2 Å². The fraction of sp³-hybridized carbons (Fsp3) is 0.316. The fourth-order valence-electron chi connectivity index (χ4n) is 3.69. The van der Waals surface area contributed by atoms with Crippen LogP contribution in [0.5, 0.6) is 0 Å². The number of ether oxygens (including phenoxy) is 1. The summed E-state index contributed by atoms with van der Waals surface area (Å²) in [4.78, 5) is 15.1. The second kappa shape index (κ2) is 6.55. The molecule has 5 heteroatoms. The molecule has 0 aromatic heterocycles. The Labute approximate surface area is 146 Å². The van der Waals surface area contributed by atoms with Crippen LogP contribution in [0.15, 0.2) is 48.5 Å². The summed E-state index contributed by atoms with van der Waals surface area (Å²) in [5, 5.41) is 3.74. The van der Waals surface area contributed by atoms with E-state index in [1.165, 1.54) is 0 Å². The number of rotatable bonds is 2. The summed E-state index contributed by atoms with van der Waals surface area (Å²) in [7, 11) is 0. The van der Waals surface area contributed by atoms with E-state index in [1.54, 1.807) is 0 Å². The fourth-order valence-corrected chi connectivity index (χ4v) is 3.87. The summed E-state index contributed by atoms with van der Waals surface area (Å²) in [6.07, 6.45) is 0. The number of hydrogen-bond acceptors (Lipinski definition) is 3. The summed E-state index contributed by atoms with van der Waals surface area (Å²) in [6.45, 7) is 2.84. The van der Waals surface area contributed by atoms with Gasteiger partial charge in [0.05, 0.1) is 13.2 Å². The molecule has 2 heterocycles. The van der Waals surface area contributed by atoms with Crippen molar-refractivity contribution in [3.63, 3.8) is 0 Å². The second-order valence-electron chi connectivity index (χ2n) is 6.20. The van der Waals surface area contributed by atoms with Gasteiger partial charge in [0.15, 0.2) is 0 Å². The zero-order valence-corrected chi connectivity index (χ0v) is 14.0. The number of fused-ring (bicyclic) bond motifs is 1. The number of carbonyl (C=O) groups excluding carboxylic acids is 1. The van der Waals surface area contributed by atoms with E-state index in [-0.39, 0.29) is 17.9 Å². The van der Waals surface area contributed by atoms with Crippen LogP contribution in [0, 0.1) is 0 Å². The number of anilines is 1. The van der Waals surface area contributed by atoms with Crippen molar-refractivity contribution in [3.05, 3.63) is 64.7 Å². The van der Waals surface area contributed by atoms with Crippen molar-refractivity contribution in [1.82, 2.24) is 4.90 Å². The SMILES string of the molecule is O=C1Nc2ccc(Cl)cc2[C@H](c2ccccc2)[C@@H]1N1CCOCC1. The zero-order chi connectivity index (χ0) is 16.5. The molecule has 0 aliphatic carbocycles. The highest BCUT2D eigenvalue weighted by Gasteiger charge is 2.41. The van der Waals surface area contributed by atoms with Gasteiger partial charge in [-0.15, -0.1) is 0 Å². The van der Waals surface area contributed by atoms with Crippen LogP contribution in [-0.4, -0.2) is 43.2 Å². The first-order chi connectivity index (χ1) is 11.7. The molecule has 0 bridgehead atoms. The van der Waals surface area contributed by atoms with Gasteiger partial charge in [-0.05, 0) is 29.3 Å². The van der Waals surface area contributed by atoms with Gasteiger partial charge in [-0.2, -0.15) is 0 Å². The Morgan fingerprint density at radius 2 is 1.83 bits per heavy atom. The van der Waals surface area contributed by atoms with Gasteiger partial charge in [-0.1, -0.05) is 41.9 Å². The van der Waals surface area contributed by atoms with Crippen LogP contribution in [0.25, 0.3) is 0 Å². The summed E-state index contributed by atoms with van der Waals surface area (Å²) in [5.74, 6) is 0.00678. The molecule has 1 amide bonds. The number of halogens is 1. The Hall–Kier alpha value is -1.88. The molecular formula is C19H19ClN2O2. The van der Waals surface area contributed by atoms with Crippen molar-refractivity contribution >= 4 is 23.2 Å². The molecule has 2 aliphatic heterocycles. The molecule has 124 valence electrons. The molecule has 2 atom stereocenters. The lowest BCUT2D eigenvalue weighted by Crippen LogP contribution is -2.54. The lowest BCUT2D eigenvalue weighted by molar-refractivity contribution is -0.124. The largest absolute Gasteiger partial charge is 0.379 e. The number of nitrogens with zero attached hydrogens (tertiary/aromatic N) is 1.